The molecule has 0 radical (unpaired) electrons. The molecular weight excluding hydrogens is 351 g/mol. The molecule has 4 nitrogen and oxygen atoms in total. The highest BCUT2D eigenvalue weighted by Crippen LogP contribution is 2.35. The van der Waals surface area contributed by atoms with Crippen molar-refractivity contribution >= 4 is 21.6 Å². The summed E-state index contributed by atoms with van der Waals surface area (Å²) in [5, 5.41) is 9.17. The van der Waals surface area contributed by atoms with E-state index in [1.54, 1.807) is 0 Å². The maximum Gasteiger partial charge on any atom is 0.243 e. The van der Waals surface area contributed by atoms with E-state index in [1.165, 1.54) is 46.8 Å². The van der Waals surface area contributed by atoms with Crippen molar-refractivity contribution in [1.29, 1.82) is 5.26 Å². The lowest BCUT2D eigenvalue weighted by atomic mass is 10.2. The van der Waals surface area contributed by atoms with Gasteiger partial charge in [0.2, 0.25) is 10.0 Å². The van der Waals surface area contributed by atoms with E-state index < -0.39 is 15.8 Å². The summed E-state index contributed by atoms with van der Waals surface area (Å²) in [5.41, 5.74) is 0.418. The molecule has 3 rings (SSSR count). The van der Waals surface area contributed by atoms with E-state index in [0.717, 1.165) is 12.8 Å². The van der Waals surface area contributed by atoms with Crippen LogP contribution in [0.15, 0.2) is 47.4 Å². The normalized spacial score (nSPS) is 14.6. The summed E-state index contributed by atoms with van der Waals surface area (Å²) in [5.74, 6) is -0.533. The summed E-state index contributed by atoms with van der Waals surface area (Å²) in [6.07, 6.45) is 1.45. The molecule has 0 unspecified atom stereocenters. The highest BCUT2D eigenvalue weighted by Gasteiger charge is 2.38. The summed E-state index contributed by atoms with van der Waals surface area (Å²) in [4.78, 5) is 0.0286. The molecule has 1 aliphatic carbocycles. The predicted octanol–water partition coefficient (Wildman–Crippen LogP) is 3.70. The van der Waals surface area contributed by atoms with Crippen LogP contribution in [0.3, 0.4) is 0 Å². The van der Waals surface area contributed by atoms with E-state index in [2.05, 4.69) is 0 Å². The van der Waals surface area contributed by atoms with Crippen LogP contribution >= 0.6 is 11.6 Å². The molecule has 0 amide bonds. The zero-order chi connectivity index (χ0) is 17.3. The maximum absolute atomic E-state index is 14.1. The van der Waals surface area contributed by atoms with Crippen molar-refractivity contribution in [3.05, 3.63) is 64.4 Å². The van der Waals surface area contributed by atoms with Crippen molar-refractivity contribution in [2.45, 2.75) is 30.3 Å². The van der Waals surface area contributed by atoms with Crippen molar-refractivity contribution < 1.29 is 12.8 Å². The Morgan fingerprint density at radius 2 is 1.96 bits per heavy atom. The third-order valence-corrected chi connectivity index (χ3v) is 6.15. The number of halogens is 2. The molecule has 1 fully saturated rings. The molecule has 2 aromatic rings. The van der Waals surface area contributed by atoms with E-state index in [4.69, 9.17) is 16.9 Å². The molecule has 0 atom stereocenters. The molecule has 0 bridgehead atoms. The number of benzene rings is 2. The molecule has 0 aliphatic heterocycles. The van der Waals surface area contributed by atoms with Gasteiger partial charge in [-0.25, -0.2) is 12.8 Å². The van der Waals surface area contributed by atoms with Gasteiger partial charge in [-0.2, -0.15) is 9.57 Å². The van der Waals surface area contributed by atoms with E-state index >= 15 is 0 Å². The highest BCUT2D eigenvalue weighted by atomic mass is 35.5. The van der Waals surface area contributed by atoms with Gasteiger partial charge in [0.05, 0.1) is 16.5 Å². The number of nitrogens with zero attached hydrogens (tertiary/aromatic N) is 2. The molecule has 0 aromatic heterocycles. The number of hydrogen-bond donors (Lipinski definition) is 0. The third-order valence-electron chi connectivity index (χ3n) is 3.90. The van der Waals surface area contributed by atoms with Gasteiger partial charge >= 0.3 is 0 Å². The van der Waals surface area contributed by atoms with Crippen molar-refractivity contribution in [2.75, 3.05) is 0 Å². The van der Waals surface area contributed by atoms with Crippen molar-refractivity contribution in [2.24, 2.45) is 0 Å². The lowest BCUT2D eigenvalue weighted by Gasteiger charge is -2.23. The monoisotopic (exact) mass is 364 g/mol. The minimum Gasteiger partial charge on any atom is -0.207 e. The van der Waals surface area contributed by atoms with Crippen molar-refractivity contribution in [1.82, 2.24) is 4.31 Å². The third kappa shape index (κ3) is 3.29. The molecule has 124 valence electrons. The molecular formula is C17H14ClFN2O2S. The van der Waals surface area contributed by atoms with E-state index in [1.807, 2.05) is 6.07 Å². The summed E-state index contributed by atoms with van der Waals surface area (Å²) in [6.45, 7) is -0.130. The second-order valence-corrected chi connectivity index (χ2v) is 7.92. The van der Waals surface area contributed by atoms with Crippen LogP contribution in [0.25, 0.3) is 0 Å². The molecule has 0 saturated heterocycles. The largest absolute Gasteiger partial charge is 0.243 e. The summed E-state index contributed by atoms with van der Waals surface area (Å²) in [7, 11) is -3.85. The second-order valence-electron chi connectivity index (χ2n) is 5.62. The van der Waals surface area contributed by atoms with Crippen LogP contribution in [0.5, 0.6) is 0 Å². The van der Waals surface area contributed by atoms with Crippen LogP contribution in [0.2, 0.25) is 5.02 Å². The van der Waals surface area contributed by atoms with Gasteiger partial charge < -0.3 is 0 Å². The molecule has 0 N–H and O–H groups in total. The molecule has 0 heterocycles. The zero-order valence-electron chi connectivity index (χ0n) is 12.6. The van der Waals surface area contributed by atoms with Crippen LogP contribution in [-0.4, -0.2) is 18.8 Å². The maximum atomic E-state index is 14.1. The smallest absolute Gasteiger partial charge is 0.207 e. The van der Waals surface area contributed by atoms with Gasteiger partial charge in [-0.05, 0) is 43.2 Å². The lowest BCUT2D eigenvalue weighted by molar-refractivity contribution is 0.391. The van der Waals surface area contributed by atoms with Gasteiger partial charge in [-0.3, -0.25) is 0 Å². The van der Waals surface area contributed by atoms with Crippen LogP contribution in [-0.2, 0) is 16.6 Å². The number of sulfonamides is 1. The average molecular weight is 365 g/mol. The van der Waals surface area contributed by atoms with Crippen LogP contribution in [0, 0.1) is 17.1 Å². The topological polar surface area (TPSA) is 61.2 Å². The summed E-state index contributed by atoms with van der Waals surface area (Å²) in [6, 6.07) is 11.9. The quantitative estimate of drug-likeness (QED) is 0.812. The van der Waals surface area contributed by atoms with Gasteiger partial charge in [0.15, 0.2) is 0 Å². The molecule has 24 heavy (non-hydrogen) atoms. The molecule has 0 spiro atoms. The van der Waals surface area contributed by atoms with Gasteiger partial charge in [0.1, 0.15) is 5.82 Å². The van der Waals surface area contributed by atoms with E-state index in [-0.39, 0.29) is 33.6 Å². The Bertz CT molecular complexity index is 900. The van der Waals surface area contributed by atoms with Gasteiger partial charge in [-0.15, -0.1) is 0 Å². The Balaban J connectivity index is 2.00. The minimum atomic E-state index is -3.85. The standard InChI is InChI=1S/C17H14ClFN2O2S/c18-16-5-2-6-17(19)15(16)11-21(13-7-8-13)24(22,23)14-4-1-3-12(9-14)10-20/h1-6,9,13H,7-8,11H2. The summed E-state index contributed by atoms with van der Waals surface area (Å²) < 4.78 is 41.2. The Labute approximate surface area is 145 Å². The van der Waals surface area contributed by atoms with Crippen molar-refractivity contribution in [3.8, 4) is 6.07 Å². The zero-order valence-corrected chi connectivity index (χ0v) is 14.2. The second kappa shape index (κ2) is 6.52. The first-order valence-electron chi connectivity index (χ1n) is 7.38. The fourth-order valence-corrected chi connectivity index (χ4v) is 4.40. The molecule has 7 heteroatoms. The Morgan fingerprint density at radius 3 is 2.58 bits per heavy atom. The first-order chi connectivity index (χ1) is 11.4. The average Bonchev–Trinajstić information content (AvgIpc) is 3.39. The van der Waals surface area contributed by atoms with Crippen LogP contribution in [0.1, 0.15) is 24.0 Å². The first kappa shape index (κ1) is 16.9. The Kier molecular flexibility index (Phi) is 4.59. The van der Waals surface area contributed by atoms with Crippen LogP contribution in [0.4, 0.5) is 4.39 Å². The lowest BCUT2D eigenvalue weighted by Crippen LogP contribution is -2.33. The molecule has 2 aromatic carbocycles. The first-order valence-corrected chi connectivity index (χ1v) is 9.20. The van der Waals surface area contributed by atoms with E-state index in [0.29, 0.717) is 0 Å². The van der Waals surface area contributed by atoms with Crippen LogP contribution < -0.4 is 0 Å². The fourth-order valence-electron chi connectivity index (χ4n) is 2.47. The molecule has 1 aliphatic rings. The number of nitriles is 1. The predicted molar refractivity (Wildman–Crippen MR) is 88.3 cm³/mol. The number of hydrogen-bond acceptors (Lipinski definition) is 3. The van der Waals surface area contributed by atoms with Gasteiger partial charge in [-0.1, -0.05) is 23.7 Å². The number of rotatable bonds is 5. The Morgan fingerprint density at radius 1 is 1.25 bits per heavy atom. The Hall–Kier alpha value is -1.94. The van der Waals surface area contributed by atoms with E-state index in [9.17, 15) is 12.8 Å². The van der Waals surface area contributed by atoms with Gasteiger partial charge in [0.25, 0.3) is 0 Å². The van der Waals surface area contributed by atoms with Crippen molar-refractivity contribution in [3.63, 3.8) is 0 Å². The highest BCUT2D eigenvalue weighted by molar-refractivity contribution is 7.89. The van der Waals surface area contributed by atoms with Gasteiger partial charge in [0, 0.05) is 23.2 Å². The SMILES string of the molecule is N#Cc1cccc(S(=O)(=O)N(Cc2c(F)cccc2Cl)C2CC2)c1. The minimum absolute atomic E-state index is 0.0286. The summed E-state index contributed by atoms with van der Waals surface area (Å²) >= 11 is 6.04. The molecule has 1 saturated carbocycles. The fraction of sp³-hybridized carbons (Fsp3) is 0.235.